The van der Waals surface area contributed by atoms with Crippen molar-refractivity contribution in [1.82, 2.24) is 0 Å². The van der Waals surface area contributed by atoms with E-state index < -0.39 is 0 Å². The highest BCUT2D eigenvalue weighted by atomic mass is 32.2. The van der Waals surface area contributed by atoms with Gasteiger partial charge in [-0.1, -0.05) is 18.7 Å². The van der Waals surface area contributed by atoms with Gasteiger partial charge in [0, 0.05) is 19.3 Å². The molecule has 1 fully saturated rings. The molecule has 92 valence electrons. The van der Waals surface area contributed by atoms with Crippen LogP contribution >= 0.6 is 11.8 Å². The lowest BCUT2D eigenvalue weighted by Gasteiger charge is -2.13. The first kappa shape index (κ1) is 13.6. The van der Waals surface area contributed by atoms with Gasteiger partial charge in [0.1, 0.15) is 18.8 Å². The summed E-state index contributed by atoms with van der Waals surface area (Å²) in [6.45, 7) is 6.78. The molecule has 0 radical (unpaired) electrons. The number of hydrogen-bond donors (Lipinski definition) is 0. The number of carbonyl (C=O) groups is 1. The van der Waals surface area contributed by atoms with Gasteiger partial charge in [-0.15, -0.1) is 0 Å². The molecular weight excluding hydrogens is 222 g/mol. The van der Waals surface area contributed by atoms with Crippen LogP contribution in [0.2, 0.25) is 0 Å². The zero-order valence-corrected chi connectivity index (χ0v) is 11.1. The fourth-order valence-electron chi connectivity index (χ4n) is 1.91. The highest BCUT2D eigenvalue weighted by molar-refractivity contribution is 8.14. The van der Waals surface area contributed by atoms with Crippen LogP contribution < -0.4 is 0 Å². The Morgan fingerprint density at radius 3 is 2.50 bits per heavy atom. The maximum atomic E-state index is 11.3. The molecule has 0 saturated carbocycles. The molecule has 0 aliphatic carbocycles. The van der Waals surface area contributed by atoms with Crippen molar-refractivity contribution >= 4 is 22.8 Å². The van der Waals surface area contributed by atoms with Crippen LogP contribution in [0.15, 0.2) is 0 Å². The maximum Gasteiger partial charge on any atom is 0.316 e. The molecule has 0 amide bonds. The van der Waals surface area contributed by atoms with Gasteiger partial charge in [0.15, 0.2) is 0 Å². The monoisotopic (exact) mass is 244 g/mol. The molecule has 1 saturated heterocycles. The van der Waals surface area contributed by atoms with E-state index in [9.17, 15) is 4.79 Å². The highest BCUT2D eigenvalue weighted by Gasteiger charge is 2.18. The Bertz CT molecular complexity index is 256. The Balaban J connectivity index is 2.44. The molecule has 0 unspecified atom stereocenters. The summed E-state index contributed by atoms with van der Waals surface area (Å²) >= 11 is 1.64. The van der Waals surface area contributed by atoms with Gasteiger partial charge in [-0.2, -0.15) is 0 Å². The van der Waals surface area contributed by atoms with E-state index in [0.717, 1.165) is 19.5 Å². The first-order valence-corrected chi connectivity index (χ1v) is 7.15. The summed E-state index contributed by atoms with van der Waals surface area (Å²) in [7, 11) is 0. The molecule has 1 heterocycles. The summed E-state index contributed by atoms with van der Waals surface area (Å²) < 4.78 is 7.36. The molecular formula is C12H22NO2S+. The van der Waals surface area contributed by atoms with Gasteiger partial charge in [0.2, 0.25) is 5.04 Å². The zero-order chi connectivity index (χ0) is 11.8. The third-order valence-corrected chi connectivity index (χ3v) is 3.93. The molecule has 16 heavy (non-hydrogen) atoms. The van der Waals surface area contributed by atoms with E-state index in [1.54, 1.807) is 11.8 Å². The minimum atomic E-state index is -0.101. The molecule has 0 aromatic rings. The predicted molar refractivity (Wildman–Crippen MR) is 68.2 cm³/mol. The van der Waals surface area contributed by atoms with Crippen molar-refractivity contribution in [1.29, 1.82) is 0 Å². The third kappa shape index (κ3) is 4.56. The lowest BCUT2D eigenvalue weighted by molar-refractivity contribution is -0.535. The van der Waals surface area contributed by atoms with E-state index in [4.69, 9.17) is 4.74 Å². The zero-order valence-electron chi connectivity index (χ0n) is 10.3. The molecule has 0 atom stereocenters. The molecule has 0 spiro atoms. The number of carbonyl (C=O) groups excluding carboxylic acids is 1. The van der Waals surface area contributed by atoms with E-state index in [2.05, 4.69) is 11.5 Å². The average molecular weight is 244 g/mol. The second-order valence-corrected chi connectivity index (χ2v) is 4.94. The highest BCUT2D eigenvalue weighted by Crippen LogP contribution is 2.13. The number of thioether (sulfide) groups is 1. The molecule has 0 N–H and O–H groups in total. The van der Waals surface area contributed by atoms with Gasteiger partial charge in [-0.05, 0) is 13.3 Å². The number of ether oxygens (including phenoxy) is 1. The summed E-state index contributed by atoms with van der Waals surface area (Å²) in [6.07, 6.45) is 4.92. The van der Waals surface area contributed by atoms with Gasteiger partial charge in [-0.3, -0.25) is 4.79 Å². The van der Waals surface area contributed by atoms with E-state index in [1.807, 2.05) is 6.92 Å². The van der Waals surface area contributed by atoms with Crippen LogP contribution in [0.25, 0.3) is 0 Å². The number of hydrogen-bond acceptors (Lipinski definition) is 3. The fraction of sp³-hybridized carbons (Fsp3) is 0.833. The van der Waals surface area contributed by atoms with Gasteiger partial charge in [0.05, 0.1) is 6.61 Å². The number of rotatable bonds is 4. The minimum Gasteiger partial charge on any atom is -0.465 e. The Morgan fingerprint density at radius 1 is 1.25 bits per heavy atom. The summed E-state index contributed by atoms with van der Waals surface area (Å²) in [5, 5.41) is 1.34. The second kappa shape index (κ2) is 7.71. The summed E-state index contributed by atoms with van der Waals surface area (Å²) in [5.74, 6) is 0.350. The standard InChI is InChI=1S/C12H22NO2S/c1-3-11(13-8-6-5-7-9-13)16-10-12(14)15-4-2/h3-10H2,1-2H3/q+1. The molecule has 0 aromatic heterocycles. The van der Waals surface area contributed by atoms with E-state index in [-0.39, 0.29) is 5.97 Å². The first-order chi connectivity index (χ1) is 7.77. The lowest BCUT2D eigenvalue weighted by Crippen LogP contribution is -2.26. The number of piperidine rings is 1. The molecule has 0 bridgehead atoms. The summed E-state index contributed by atoms with van der Waals surface area (Å²) in [5.41, 5.74) is 0. The predicted octanol–water partition coefficient (Wildman–Crippen LogP) is 2.29. The quantitative estimate of drug-likeness (QED) is 0.432. The molecule has 1 rings (SSSR count). The lowest BCUT2D eigenvalue weighted by atomic mass is 10.2. The first-order valence-electron chi connectivity index (χ1n) is 6.17. The van der Waals surface area contributed by atoms with Gasteiger partial charge < -0.3 is 4.74 Å². The van der Waals surface area contributed by atoms with Gasteiger partial charge >= 0.3 is 5.97 Å². The molecule has 1 aliphatic rings. The Hall–Kier alpha value is -0.510. The van der Waals surface area contributed by atoms with Crippen LogP contribution in [0.3, 0.4) is 0 Å². The molecule has 1 aliphatic heterocycles. The van der Waals surface area contributed by atoms with Crippen LogP contribution in [0, 0.1) is 0 Å². The molecule has 3 nitrogen and oxygen atoms in total. The molecule has 4 heteroatoms. The number of nitrogens with zero attached hydrogens (tertiary/aromatic N) is 1. The van der Waals surface area contributed by atoms with Crippen molar-refractivity contribution < 1.29 is 14.1 Å². The van der Waals surface area contributed by atoms with Gasteiger partial charge in [-0.25, -0.2) is 4.58 Å². The Labute approximate surface area is 102 Å². The van der Waals surface area contributed by atoms with E-state index >= 15 is 0 Å². The second-order valence-electron chi connectivity index (χ2n) is 3.89. The van der Waals surface area contributed by atoms with Crippen molar-refractivity contribution in [3.05, 3.63) is 0 Å². The van der Waals surface area contributed by atoms with Crippen LogP contribution in [0.5, 0.6) is 0 Å². The third-order valence-electron chi connectivity index (χ3n) is 2.67. The van der Waals surface area contributed by atoms with Crippen molar-refractivity contribution in [3.63, 3.8) is 0 Å². The average Bonchev–Trinajstić information content (AvgIpc) is 2.31. The smallest absolute Gasteiger partial charge is 0.316 e. The number of esters is 1. The van der Waals surface area contributed by atoms with Gasteiger partial charge in [0.25, 0.3) is 0 Å². The Morgan fingerprint density at radius 2 is 1.94 bits per heavy atom. The normalized spacial score (nSPS) is 16.0. The van der Waals surface area contributed by atoms with Crippen molar-refractivity contribution in [2.75, 3.05) is 25.4 Å². The fourth-order valence-corrected chi connectivity index (χ4v) is 2.84. The van der Waals surface area contributed by atoms with E-state index in [0.29, 0.717) is 12.4 Å². The van der Waals surface area contributed by atoms with Crippen LogP contribution in [-0.2, 0) is 9.53 Å². The summed E-state index contributed by atoms with van der Waals surface area (Å²) in [4.78, 5) is 11.3. The largest absolute Gasteiger partial charge is 0.465 e. The minimum absolute atomic E-state index is 0.101. The van der Waals surface area contributed by atoms with Crippen LogP contribution in [0.4, 0.5) is 0 Å². The van der Waals surface area contributed by atoms with Crippen LogP contribution in [0.1, 0.15) is 39.5 Å². The van der Waals surface area contributed by atoms with Crippen molar-refractivity contribution in [2.24, 2.45) is 0 Å². The van der Waals surface area contributed by atoms with Crippen molar-refractivity contribution in [2.45, 2.75) is 39.5 Å². The SMILES string of the molecule is CCOC(=O)CSC(CC)=[N+]1CCCCC1. The summed E-state index contributed by atoms with van der Waals surface area (Å²) in [6, 6.07) is 0. The maximum absolute atomic E-state index is 11.3. The Kier molecular flexibility index (Phi) is 6.53. The van der Waals surface area contributed by atoms with E-state index in [1.165, 1.54) is 24.3 Å². The van der Waals surface area contributed by atoms with Crippen molar-refractivity contribution in [3.8, 4) is 0 Å². The topological polar surface area (TPSA) is 29.3 Å². The molecule has 0 aromatic carbocycles. The van der Waals surface area contributed by atoms with Crippen LogP contribution in [-0.4, -0.2) is 41.0 Å².